The van der Waals surface area contributed by atoms with Crippen molar-refractivity contribution in [2.24, 2.45) is 5.92 Å². The molecular formula is C18H27NO2. The second-order valence-corrected chi connectivity index (χ2v) is 6.25. The summed E-state index contributed by atoms with van der Waals surface area (Å²) >= 11 is 0. The number of benzene rings is 1. The Morgan fingerprint density at radius 1 is 1.43 bits per heavy atom. The zero-order valence-corrected chi connectivity index (χ0v) is 13.5. The SMILES string of the molecule is CCCOc1ccc(C)cc1C(=O)CN1CCCC(C)C1. The molecule has 1 aromatic rings. The average molecular weight is 289 g/mol. The summed E-state index contributed by atoms with van der Waals surface area (Å²) in [6.07, 6.45) is 3.42. The number of carbonyl (C=O) groups excluding carboxylic acids is 1. The van der Waals surface area contributed by atoms with Gasteiger partial charge in [0.05, 0.1) is 18.7 Å². The van der Waals surface area contributed by atoms with Gasteiger partial charge in [0, 0.05) is 6.54 Å². The van der Waals surface area contributed by atoms with Gasteiger partial charge in [-0.25, -0.2) is 0 Å². The van der Waals surface area contributed by atoms with E-state index in [1.165, 1.54) is 12.8 Å². The maximum atomic E-state index is 12.6. The van der Waals surface area contributed by atoms with Crippen LogP contribution in [-0.2, 0) is 0 Å². The predicted octanol–water partition coefficient (Wildman–Crippen LogP) is 3.70. The molecule has 3 heteroatoms. The van der Waals surface area contributed by atoms with Gasteiger partial charge in [0.2, 0.25) is 0 Å². The summed E-state index contributed by atoms with van der Waals surface area (Å²) in [5.74, 6) is 1.61. The summed E-state index contributed by atoms with van der Waals surface area (Å²) in [6, 6.07) is 5.89. The van der Waals surface area contributed by atoms with E-state index in [0.717, 1.165) is 36.4 Å². The second-order valence-electron chi connectivity index (χ2n) is 6.25. The highest BCUT2D eigenvalue weighted by atomic mass is 16.5. The van der Waals surface area contributed by atoms with E-state index in [2.05, 4.69) is 18.7 Å². The summed E-state index contributed by atoms with van der Waals surface area (Å²) < 4.78 is 5.73. The van der Waals surface area contributed by atoms with E-state index in [0.29, 0.717) is 19.1 Å². The van der Waals surface area contributed by atoms with Gasteiger partial charge in [-0.1, -0.05) is 25.5 Å². The summed E-state index contributed by atoms with van der Waals surface area (Å²) in [5, 5.41) is 0. The highest BCUT2D eigenvalue weighted by Crippen LogP contribution is 2.22. The molecule has 0 N–H and O–H groups in total. The zero-order chi connectivity index (χ0) is 15.2. The average Bonchev–Trinajstić information content (AvgIpc) is 2.46. The molecule has 21 heavy (non-hydrogen) atoms. The van der Waals surface area contributed by atoms with Crippen LogP contribution < -0.4 is 4.74 Å². The summed E-state index contributed by atoms with van der Waals surface area (Å²) in [4.78, 5) is 14.9. The summed E-state index contributed by atoms with van der Waals surface area (Å²) in [5.41, 5.74) is 1.84. The van der Waals surface area contributed by atoms with Crippen LogP contribution in [0.1, 0.15) is 49.0 Å². The fourth-order valence-electron chi connectivity index (χ4n) is 2.92. The third-order valence-corrected chi connectivity index (χ3v) is 4.01. The van der Waals surface area contributed by atoms with Crippen LogP contribution in [0.4, 0.5) is 0 Å². The minimum absolute atomic E-state index is 0.180. The smallest absolute Gasteiger partial charge is 0.180 e. The lowest BCUT2D eigenvalue weighted by atomic mass is 9.99. The number of Topliss-reactive ketones (excluding diaryl/α,β-unsaturated/α-hetero) is 1. The van der Waals surface area contributed by atoms with Gasteiger partial charge < -0.3 is 4.74 Å². The monoisotopic (exact) mass is 289 g/mol. The van der Waals surface area contributed by atoms with Gasteiger partial charge in [0.25, 0.3) is 0 Å². The molecule has 0 spiro atoms. The van der Waals surface area contributed by atoms with Crippen molar-refractivity contribution in [3.05, 3.63) is 29.3 Å². The van der Waals surface area contributed by atoms with E-state index < -0.39 is 0 Å². The molecule has 0 aromatic heterocycles. The van der Waals surface area contributed by atoms with E-state index in [1.54, 1.807) is 0 Å². The van der Waals surface area contributed by atoms with E-state index in [1.807, 2.05) is 25.1 Å². The first-order chi connectivity index (χ1) is 10.1. The van der Waals surface area contributed by atoms with Crippen molar-refractivity contribution < 1.29 is 9.53 Å². The summed E-state index contributed by atoms with van der Waals surface area (Å²) in [6.45, 7) is 9.59. The molecule has 0 radical (unpaired) electrons. The maximum Gasteiger partial charge on any atom is 0.180 e. The lowest BCUT2D eigenvalue weighted by Crippen LogP contribution is -2.38. The Labute approximate surface area is 128 Å². The van der Waals surface area contributed by atoms with Crippen molar-refractivity contribution in [3.8, 4) is 5.75 Å². The lowest BCUT2D eigenvalue weighted by Gasteiger charge is -2.30. The highest BCUT2D eigenvalue weighted by molar-refractivity contribution is 6.00. The predicted molar refractivity (Wildman–Crippen MR) is 86.1 cm³/mol. The van der Waals surface area contributed by atoms with Gasteiger partial charge in [-0.3, -0.25) is 9.69 Å². The lowest BCUT2D eigenvalue weighted by molar-refractivity contribution is 0.0889. The van der Waals surface area contributed by atoms with Crippen LogP contribution in [0.15, 0.2) is 18.2 Å². The molecule has 1 saturated heterocycles. The van der Waals surface area contributed by atoms with Crippen LogP contribution in [0.5, 0.6) is 5.75 Å². The third kappa shape index (κ3) is 4.57. The minimum atomic E-state index is 0.180. The number of ether oxygens (including phenoxy) is 1. The van der Waals surface area contributed by atoms with Gasteiger partial charge in [0.1, 0.15) is 5.75 Å². The molecule has 1 aromatic carbocycles. The first kappa shape index (κ1) is 16.0. The van der Waals surface area contributed by atoms with Crippen molar-refractivity contribution in [2.45, 2.75) is 40.0 Å². The Morgan fingerprint density at radius 2 is 2.24 bits per heavy atom. The number of hydrogen-bond donors (Lipinski definition) is 0. The first-order valence-electron chi connectivity index (χ1n) is 8.09. The zero-order valence-electron chi connectivity index (χ0n) is 13.5. The molecule has 0 saturated carbocycles. The number of hydrogen-bond acceptors (Lipinski definition) is 3. The molecule has 0 bridgehead atoms. The van der Waals surface area contributed by atoms with E-state index in [4.69, 9.17) is 4.74 Å². The normalized spacial score (nSPS) is 19.5. The number of ketones is 1. The Balaban J connectivity index is 2.08. The van der Waals surface area contributed by atoms with Crippen LogP contribution >= 0.6 is 0 Å². The van der Waals surface area contributed by atoms with Crippen LogP contribution in [-0.4, -0.2) is 36.9 Å². The fourth-order valence-corrected chi connectivity index (χ4v) is 2.92. The van der Waals surface area contributed by atoms with Gasteiger partial charge in [-0.2, -0.15) is 0 Å². The largest absolute Gasteiger partial charge is 0.493 e. The van der Waals surface area contributed by atoms with Gasteiger partial charge in [-0.05, 0) is 50.8 Å². The molecule has 3 nitrogen and oxygen atoms in total. The van der Waals surface area contributed by atoms with E-state index in [-0.39, 0.29) is 5.78 Å². The number of likely N-dealkylation sites (tertiary alicyclic amines) is 1. The maximum absolute atomic E-state index is 12.6. The molecule has 1 aliphatic heterocycles. The van der Waals surface area contributed by atoms with Crippen LogP contribution in [0.2, 0.25) is 0 Å². The molecule has 1 atom stereocenters. The number of rotatable bonds is 6. The Bertz CT molecular complexity index is 484. The number of aryl methyl sites for hydroxylation is 1. The van der Waals surface area contributed by atoms with Gasteiger partial charge >= 0.3 is 0 Å². The Hall–Kier alpha value is -1.35. The molecule has 1 unspecified atom stereocenters. The van der Waals surface area contributed by atoms with E-state index >= 15 is 0 Å². The van der Waals surface area contributed by atoms with Crippen LogP contribution in [0.25, 0.3) is 0 Å². The van der Waals surface area contributed by atoms with Crippen LogP contribution in [0.3, 0.4) is 0 Å². The molecule has 116 valence electrons. The van der Waals surface area contributed by atoms with Crippen LogP contribution in [0, 0.1) is 12.8 Å². The molecule has 1 heterocycles. The topological polar surface area (TPSA) is 29.5 Å². The van der Waals surface area contributed by atoms with Gasteiger partial charge in [0.15, 0.2) is 5.78 Å². The third-order valence-electron chi connectivity index (χ3n) is 4.01. The molecular weight excluding hydrogens is 262 g/mol. The Morgan fingerprint density at radius 3 is 2.95 bits per heavy atom. The molecule has 2 rings (SSSR count). The minimum Gasteiger partial charge on any atom is -0.493 e. The molecule has 1 aliphatic rings. The number of carbonyl (C=O) groups is 1. The Kier molecular flexibility index (Phi) is 5.80. The fraction of sp³-hybridized carbons (Fsp3) is 0.611. The van der Waals surface area contributed by atoms with Crippen molar-refractivity contribution in [3.63, 3.8) is 0 Å². The van der Waals surface area contributed by atoms with Gasteiger partial charge in [-0.15, -0.1) is 0 Å². The van der Waals surface area contributed by atoms with Crippen molar-refractivity contribution in [2.75, 3.05) is 26.2 Å². The quantitative estimate of drug-likeness (QED) is 0.748. The van der Waals surface area contributed by atoms with Crippen molar-refractivity contribution >= 4 is 5.78 Å². The van der Waals surface area contributed by atoms with E-state index in [9.17, 15) is 4.79 Å². The number of nitrogens with zero attached hydrogens (tertiary/aromatic N) is 1. The molecule has 0 aliphatic carbocycles. The first-order valence-corrected chi connectivity index (χ1v) is 8.09. The second kappa shape index (κ2) is 7.60. The number of piperidine rings is 1. The summed E-state index contributed by atoms with van der Waals surface area (Å²) in [7, 11) is 0. The molecule has 1 fully saturated rings. The van der Waals surface area contributed by atoms with Crippen molar-refractivity contribution in [1.82, 2.24) is 4.90 Å². The highest BCUT2D eigenvalue weighted by Gasteiger charge is 2.21. The van der Waals surface area contributed by atoms with Crippen molar-refractivity contribution in [1.29, 1.82) is 0 Å². The standard InChI is InChI=1S/C18H27NO2/c1-4-10-21-18-8-7-14(2)11-16(18)17(20)13-19-9-5-6-15(3)12-19/h7-8,11,15H,4-6,9-10,12-13H2,1-3H3. The molecule has 0 amide bonds.